The molecule has 2 aromatic rings. The van der Waals surface area contributed by atoms with Crippen LogP contribution in [-0.4, -0.2) is 23.9 Å². The molecular formula is C17H17N3O. The molecule has 0 spiro atoms. The third-order valence-corrected chi connectivity index (χ3v) is 4.19. The Labute approximate surface area is 124 Å². The second-order valence-electron chi connectivity index (χ2n) is 5.54. The summed E-state index contributed by atoms with van der Waals surface area (Å²) in [6, 6.07) is 12.0. The fraction of sp³-hybridized carbons (Fsp3) is 0.353. The molecule has 4 nitrogen and oxygen atoms in total. The molecule has 1 aromatic heterocycles. The van der Waals surface area contributed by atoms with Gasteiger partial charge in [0.15, 0.2) is 0 Å². The van der Waals surface area contributed by atoms with Gasteiger partial charge < -0.3 is 4.90 Å². The minimum absolute atomic E-state index is 0.159. The second kappa shape index (κ2) is 5.53. The zero-order valence-corrected chi connectivity index (χ0v) is 12.0. The number of carbonyl (C=O) groups excluding carboxylic acids is 1. The standard InChI is InChI=1S/C17H17N3O/c1-12(21)13-6-8-20(9-7-13)17-15(11-18)10-14-4-2-3-5-16(14)19-17/h2-5,10,13H,6-9H2,1H3. The smallest absolute Gasteiger partial charge is 0.147 e. The van der Waals surface area contributed by atoms with E-state index in [1.54, 1.807) is 6.92 Å². The average molecular weight is 279 g/mol. The molecule has 0 unspecified atom stereocenters. The van der Waals surface area contributed by atoms with E-state index < -0.39 is 0 Å². The topological polar surface area (TPSA) is 57.0 Å². The van der Waals surface area contributed by atoms with Gasteiger partial charge in [-0.3, -0.25) is 4.79 Å². The molecule has 1 aromatic carbocycles. The van der Waals surface area contributed by atoms with Gasteiger partial charge >= 0.3 is 0 Å². The highest BCUT2D eigenvalue weighted by Crippen LogP contribution is 2.27. The van der Waals surface area contributed by atoms with Gasteiger partial charge in [0, 0.05) is 24.4 Å². The first-order chi connectivity index (χ1) is 10.2. The van der Waals surface area contributed by atoms with Crippen LogP contribution in [0.25, 0.3) is 10.9 Å². The molecular weight excluding hydrogens is 262 g/mol. The third-order valence-electron chi connectivity index (χ3n) is 4.19. The molecule has 0 amide bonds. The van der Waals surface area contributed by atoms with Gasteiger partial charge in [-0.1, -0.05) is 18.2 Å². The van der Waals surface area contributed by atoms with E-state index in [1.807, 2.05) is 30.3 Å². The van der Waals surface area contributed by atoms with Crippen molar-refractivity contribution < 1.29 is 4.79 Å². The number of anilines is 1. The highest BCUT2D eigenvalue weighted by molar-refractivity contribution is 5.83. The number of hydrogen-bond donors (Lipinski definition) is 0. The Morgan fingerprint density at radius 1 is 1.33 bits per heavy atom. The Kier molecular flexibility index (Phi) is 3.57. The summed E-state index contributed by atoms with van der Waals surface area (Å²) in [7, 11) is 0. The predicted octanol–water partition coefficient (Wildman–Crippen LogP) is 2.91. The van der Waals surface area contributed by atoms with Crippen molar-refractivity contribution in [2.45, 2.75) is 19.8 Å². The van der Waals surface area contributed by atoms with Gasteiger partial charge in [-0.2, -0.15) is 5.26 Å². The molecule has 0 N–H and O–H groups in total. The zero-order valence-electron chi connectivity index (χ0n) is 12.0. The van der Waals surface area contributed by atoms with Gasteiger partial charge in [-0.15, -0.1) is 0 Å². The summed E-state index contributed by atoms with van der Waals surface area (Å²) in [5.41, 5.74) is 1.51. The minimum atomic E-state index is 0.159. The fourth-order valence-electron chi connectivity index (χ4n) is 2.93. The van der Waals surface area contributed by atoms with Crippen LogP contribution in [0.5, 0.6) is 0 Å². The van der Waals surface area contributed by atoms with E-state index >= 15 is 0 Å². The van der Waals surface area contributed by atoms with Gasteiger partial charge in [0.1, 0.15) is 17.7 Å². The summed E-state index contributed by atoms with van der Waals surface area (Å²) in [4.78, 5) is 18.2. The molecule has 1 fully saturated rings. The molecule has 1 saturated heterocycles. The number of aromatic nitrogens is 1. The van der Waals surface area contributed by atoms with Crippen LogP contribution in [0, 0.1) is 17.2 Å². The van der Waals surface area contributed by atoms with E-state index in [0.29, 0.717) is 5.56 Å². The Morgan fingerprint density at radius 3 is 2.71 bits per heavy atom. The van der Waals surface area contributed by atoms with Gasteiger partial charge in [0.25, 0.3) is 0 Å². The molecule has 3 rings (SSSR count). The Balaban J connectivity index is 1.93. The van der Waals surface area contributed by atoms with Crippen LogP contribution in [-0.2, 0) is 4.79 Å². The summed E-state index contributed by atoms with van der Waals surface area (Å²) in [5.74, 6) is 1.17. The van der Waals surface area contributed by atoms with Crippen LogP contribution < -0.4 is 4.90 Å². The summed E-state index contributed by atoms with van der Waals surface area (Å²) in [6.07, 6.45) is 1.68. The van der Waals surface area contributed by atoms with Gasteiger partial charge in [-0.05, 0) is 31.9 Å². The quantitative estimate of drug-likeness (QED) is 0.848. The van der Waals surface area contributed by atoms with Crippen molar-refractivity contribution in [2.75, 3.05) is 18.0 Å². The molecule has 0 bridgehead atoms. The van der Waals surface area contributed by atoms with Crippen LogP contribution in [0.3, 0.4) is 0 Å². The first kappa shape index (κ1) is 13.6. The number of piperidine rings is 1. The van der Waals surface area contributed by atoms with Gasteiger partial charge in [0.05, 0.1) is 11.1 Å². The van der Waals surface area contributed by atoms with E-state index in [1.165, 1.54) is 0 Å². The van der Waals surface area contributed by atoms with E-state index in [4.69, 9.17) is 0 Å². The number of ketones is 1. The summed E-state index contributed by atoms with van der Waals surface area (Å²) >= 11 is 0. The number of benzene rings is 1. The maximum absolute atomic E-state index is 11.5. The van der Waals surface area contributed by atoms with Crippen molar-refractivity contribution in [2.24, 2.45) is 5.92 Å². The van der Waals surface area contributed by atoms with Crippen LogP contribution >= 0.6 is 0 Å². The van der Waals surface area contributed by atoms with Gasteiger partial charge in [-0.25, -0.2) is 4.98 Å². The van der Waals surface area contributed by atoms with Gasteiger partial charge in [0.2, 0.25) is 0 Å². The number of hydrogen-bond acceptors (Lipinski definition) is 4. The molecule has 0 radical (unpaired) electrons. The van der Waals surface area contributed by atoms with Crippen LogP contribution in [0.4, 0.5) is 5.82 Å². The number of carbonyl (C=O) groups is 1. The van der Waals surface area contributed by atoms with Crippen molar-refractivity contribution in [1.29, 1.82) is 5.26 Å². The summed E-state index contributed by atoms with van der Waals surface area (Å²) in [5, 5.41) is 10.4. The van der Waals surface area contributed by atoms with Crippen molar-refractivity contribution in [3.8, 4) is 6.07 Å². The number of fused-ring (bicyclic) bond motifs is 1. The molecule has 1 aliphatic heterocycles. The van der Waals surface area contributed by atoms with Crippen molar-refractivity contribution >= 4 is 22.5 Å². The first-order valence-electron chi connectivity index (χ1n) is 7.24. The number of nitriles is 1. The molecule has 0 saturated carbocycles. The molecule has 4 heteroatoms. The number of rotatable bonds is 2. The molecule has 2 heterocycles. The van der Waals surface area contributed by atoms with E-state index in [2.05, 4.69) is 16.0 Å². The summed E-state index contributed by atoms with van der Waals surface area (Å²) < 4.78 is 0. The highest BCUT2D eigenvalue weighted by Gasteiger charge is 2.24. The fourth-order valence-corrected chi connectivity index (χ4v) is 2.93. The van der Waals surface area contributed by atoms with E-state index in [9.17, 15) is 10.1 Å². The average Bonchev–Trinajstić information content (AvgIpc) is 2.53. The Hall–Kier alpha value is -2.41. The summed E-state index contributed by atoms with van der Waals surface area (Å²) in [6.45, 7) is 3.23. The van der Waals surface area contributed by atoms with E-state index in [-0.39, 0.29) is 11.7 Å². The highest BCUT2D eigenvalue weighted by atomic mass is 16.1. The Bertz CT molecular complexity index is 724. The van der Waals surface area contributed by atoms with Crippen LogP contribution in [0.15, 0.2) is 30.3 Å². The monoisotopic (exact) mass is 279 g/mol. The molecule has 0 atom stereocenters. The SMILES string of the molecule is CC(=O)C1CCN(c2nc3ccccc3cc2C#N)CC1. The van der Waals surface area contributed by atoms with Crippen LogP contribution in [0.2, 0.25) is 0 Å². The maximum Gasteiger partial charge on any atom is 0.147 e. The largest absolute Gasteiger partial charge is 0.355 e. The molecule has 1 aliphatic rings. The molecule has 106 valence electrons. The van der Waals surface area contributed by atoms with Crippen molar-refractivity contribution in [3.63, 3.8) is 0 Å². The van der Waals surface area contributed by atoms with E-state index in [0.717, 1.165) is 42.7 Å². The number of pyridine rings is 1. The lowest BCUT2D eigenvalue weighted by Gasteiger charge is -2.32. The zero-order chi connectivity index (χ0) is 14.8. The van der Waals surface area contributed by atoms with Crippen molar-refractivity contribution in [3.05, 3.63) is 35.9 Å². The lowest BCUT2D eigenvalue weighted by Crippen LogP contribution is -2.36. The minimum Gasteiger partial charge on any atom is -0.355 e. The molecule has 0 aliphatic carbocycles. The van der Waals surface area contributed by atoms with Crippen molar-refractivity contribution in [1.82, 2.24) is 4.98 Å². The number of para-hydroxylation sites is 1. The predicted molar refractivity (Wildman–Crippen MR) is 82.1 cm³/mol. The maximum atomic E-state index is 11.5. The normalized spacial score (nSPS) is 15.9. The van der Waals surface area contributed by atoms with Crippen LogP contribution in [0.1, 0.15) is 25.3 Å². The third kappa shape index (κ3) is 2.59. The number of Topliss-reactive ketones (excluding diaryl/α,β-unsaturated/α-hetero) is 1. The Morgan fingerprint density at radius 2 is 2.05 bits per heavy atom. The number of nitrogens with zero attached hydrogens (tertiary/aromatic N) is 3. The lowest BCUT2D eigenvalue weighted by atomic mass is 9.93. The first-order valence-corrected chi connectivity index (χ1v) is 7.24. The molecule has 21 heavy (non-hydrogen) atoms. The lowest BCUT2D eigenvalue weighted by molar-refractivity contribution is -0.121. The second-order valence-corrected chi connectivity index (χ2v) is 5.54.